The van der Waals surface area contributed by atoms with Gasteiger partial charge in [0.15, 0.2) is 0 Å². The van der Waals surface area contributed by atoms with E-state index in [1.54, 1.807) is 11.9 Å². The number of nitrogens with one attached hydrogen (secondary N) is 1. The Bertz CT molecular complexity index is 359. The van der Waals surface area contributed by atoms with Gasteiger partial charge in [0.05, 0.1) is 17.9 Å². The standard InChI is InChI=1S/C11H20N4O/c1-5-14(3)11(16)8-12-7-10-6-9(2)13-15(10)4/h6,12H,5,7-8H2,1-4H3. The van der Waals surface area contributed by atoms with Crippen molar-refractivity contribution in [1.82, 2.24) is 20.0 Å². The van der Waals surface area contributed by atoms with Crippen molar-refractivity contribution >= 4 is 5.91 Å². The van der Waals surface area contributed by atoms with E-state index >= 15 is 0 Å². The summed E-state index contributed by atoms with van der Waals surface area (Å²) in [6.45, 7) is 5.70. The monoisotopic (exact) mass is 224 g/mol. The third-order valence-electron chi connectivity index (χ3n) is 2.58. The number of rotatable bonds is 5. The lowest BCUT2D eigenvalue weighted by Gasteiger charge is -2.14. The molecular formula is C11H20N4O. The van der Waals surface area contributed by atoms with Crippen molar-refractivity contribution in [2.24, 2.45) is 7.05 Å². The average Bonchev–Trinajstić information content (AvgIpc) is 2.56. The quantitative estimate of drug-likeness (QED) is 0.782. The first-order chi connectivity index (χ1) is 7.54. The molecule has 1 amide bonds. The summed E-state index contributed by atoms with van der Waals surface area (Å²) >= 11 is 0. The highest BCUT2D eigenvalue weighted by molar-refractivity contribution is 5.77. The second-order valence-electron chi connectivity index (χ2n) is 3.91. The Balaban J connectivity index is 2.36. The van der Waals surface area contributed by atoms with Crippen molar-refractivity contribution in [2.45, 2.75) is 20.4 Å². The van der Waals surface area contributed by atoms with E-state index in [-0.39, 0.29) is 5.91 Å². The third-order valence-corrected chi connectivity index (χ3v) is 2.58. The van der Waals surface area contributed by atoms with Gasteiger partial charge in [0.1, 0.15) is 0 Å². The Morgan fingerprint density at radius 3 is 2.81 bits per heavy atom. The zero-order valence-corrected chi connectivity index (χ0v) is 10.4. The Labute approximate surface area is 96.4 Å². The number of carbonyl (C=O) groups is 1. The van der Waals surface area contributed by atoms with E-state index in [0.29, 0.717) is 13.1 Å². The molecule has 0 spiro atoms. The molecule has 0 aliphatic carbocycles. The van der Waals surface area contributed by atoms with Crippen LogP contribution in [0.15, 0.2) is 6.07 Å². The maximum absolute atomic E-state index is 11.5. The van der Waals surface area contributed by atoms with Crippen LogP contribution in [0.5, 0.6) is 0 Å². The highest BCUT2D eigenvalue weighted by Crippen LogP contribution is 2.00. The van der Waals surface area contributed by atoms with E-state index in [1.165, 1.54) is 0 Å². The highest BCUT2D eigenvalue weighted by Gasteiger charge is 2.06. The van der Waals surface area contributed by atoms with Crippen LogP contribution < -0.4 is 5.32 Å². The first-order valence-electron chi connectivity index (χ1n) is 5.48. The Morgan fingerprint density at radius 1 is 1.62 bits per heavy atom. The van der Waals surface area contributed by atoms with E-state index in [0.717, 1.165) is 17.9 Å². The molecule has 0 saturated heterocycles. The number of carbonyl (C=O) groups excluding carboxylic acids is 1. The first-order valence-corrected chi connectivity index (χ1v) is 5.48. The fraction of sp³-hybridized carbons (Fsp3) is 0.636. The SMILES string of the molecule is CCN(C)C(=O)CNCc1cc(C)nn1C. The molecule has 0 atom stereocenters. The van der Waals surface area contributed by atoms with E-state index in [2.05, 4.69) is 10.4 Å². The second kappa shape index (κ2) is 5.65. The third kappa shape index (κ3) is 3.34. The summed E-state index contributed by atoms with van der Waals surface area (Å²) in [5, 5.41) is 7.36. The summed E-state index contributed by atoms with van der Waals surface area (Å²) in [7, 11) is 3.71. The number of nitrogens with zero attached hydrogens (tertiary/aromatic N) is 3. The Morgan fingerprint density at radius 2 is 2.31 bits per heavy atom. The molecule has 5 nitrogen and oxygen atoms in total. The maximum atomic E-state index is 11.5. The van der Waals surface area contributed by atoms with E-state index in [1.807, 2.05) is 31.6 Å². The van der Waals surface area contributed by atoms with Crippen LogP contribution in [0.3, 0.4) is 0 Å². The molecule has 1 aromatic heterocycles. The number of aromatic nitrogens is 2. The Kier molecular flexibility index (Phi) is 4.49. The van der Waals surface area contributed by atoms with Gasteiger partial charge < -0.3 is 10.2 Å². The molecular weight excluding hydrogens is 204 g/mol. The molecule has 0 radical (unpaired) electrons. The summed E-state index contributed by atoms with van der Waals surface area (Å²) in [4.78, 5) is 13.2. The van der Waals surface area contributed by atoms with E-state index in [4.69, 9.17) is 0 Å². The molecule has 0 aromatic carbocycles. The molecule has 1 N–H and O–H groups in total. The zero-order valence-electron chi connectivity index (χ0n) is 10.4. The highest BCUT2D eigenvalue weighted by atomic mass is 16.2. The topological polar surface area (TPSA) is 50.2 Å². The minimum Gasteiger partial charge on any atom is -0.345 e. The van der Waals surface area contributed by atoms with Gasteiger partial charge in [-0.1, -0.05) is 0 Å². The molecule has 0 aliphatic rings. The first kappa shape index (κ1) is 12.7. The van der Waals surface area contributed by atoms with Gasteiger partial charge in [0, 0.05) is 27.2 Å². The molecule has 1 heterocycles. The molecule has 0 aliphatic heterocycles. The van der Waals surface area contributed by atoms with E-state index < -0.39 is 0 Å². The van der Waals surface area contributed by atoms with Crippen LogP contribution in [0.4, 0.5) is 0 Å². The summed E-state index contributed by atoms with van der Waals surface area (Å²) in [6.07, 6.45) is 0. The molecule has 1 rings (SSSR count). The van der Waals surface area contributed by atoms with Gasteiger partial charge in [-0.05, 0) is 19.9 Å². The lowest BCUT2D eigenvalue weighted by Crippen LogP contribution is -2.35. The fourth-order valence-corrected chi connectivity index (χ4v) is 1.44. The van der Waals surface area contributed by atoms with Gasteiger partial charge in [-0.3, -0.25) is 9.48 Å². The van der Waals surface area contributed by atoms with Crippen molar-refractivity contribution in [2.75, 3.05) is 20.1 Å². The molecule has 5 heteroatoms. The number of aryl methyl sites for hydroxylation is 2. The largest absolute Gasteiger partial charge is 0.345 e. The van der Waals surface area contributed by atoms with Gasteiger partial charge in [-0.15, -0.1) is 0 Å². The predicted molar refractivity (Wildman–Crippen MR) is 63.0 cm³/mol. The van der Waals surface area contributed by atoms with Gasteiger partial charge >= 0.3 is 0 Å². The van der Waals surface area contributed by atoms with Crippen LogP contribution in [0.25, 0.3) is 0 Å². The number of hydrogen-bond acceptors (Lipinski definition) is 3. The molecule has 0 saturated carbocycles. The van der Waals surface area contributed by atoms with Gasteiger partial charge in [-0.25, -0.2) is 0 Å². The van der Waals surface area contributed by atoms with Crippen molar-refractivity contribution < 1.29 is 4.79 Å². The zero-order chi connectivity index (χ0) is 12.1. The van der Waals surface area contributed by atoms with Crippen molar-refractivity contribution in [3.05, 3.63) is 17.5 Å². The molecule has 0 bridgehead atoms. The minimum atomic E-state index is 0.112. The lowest BCUT2D eigenvalue weighted by molar-refractivity contribution is -0.128. The van der Waals surface area contributed by atoms with E-state index in [9.17, 15) is 4.79 Å². The smallest absolute Gasteiger partial charge is 0.236 e. The fourth-order valence-electron chi connectivity index (χ4n) is 1.44. The van der Waals surface area contributed by atoms with Gasteiger partial charge in [0.2, 0.25) is 5.91 Å². The summed E-state index contributed by atoms with van der Waals surface area (Å²) in [5.74, 6) is 0.112. The van der Waals surface area contributed by atoms with Crippen LogP contribution in [-0.2, 0) is 18.4 Å². The summed E-state index contributed by atoms with van der Waals surface area (Å²) in [6, 6.07) is 2.01. The van der Waals surface area contributed by atoms with Crippen LogP contribution >= 0.6 is 0 Å². The van der Waals surface area contributed by atoms with Gasteiger partial charge in [-0.2, -0.15) is 5.10 Å². The van der Waals surface area contributed by atoms with Crippen LogP contribution in [0.2, 0.25) is 0 Å². The van der Waals surface area contributed by atoms with Crippen molar-refractivity contribution in [3.63, 3.8) is 0 Å². The van der Waals surface area contributed by atoms with Gasteiger partial charge in [0.25, 0.3) is 0 Å². The predicted octanol–water partition coefficient (Wildman–Crippen LogP) is 0.296. The Hall–Kier alpha value is -1.36. The molecule has 16 heavy (non-hydrogen) atoms. The number of hydrogen-bond donors (Lipinski definition) is 1. The average molecular weight is 224 g/mol. The molecule has 90 valence electrons. The van der Waals surface area contributed by atoms with Crippen LogP contribution in [-0.4, -0.2) is 40.7 Å². The molecule has 0 fully saturated rings. The van der Waals surface area contributed by atoms with Crippen LogP contribution in [0.1, 0.15) is 18.3 Å². The number of amides is 1. The maximum Gasteiger partial charge on any atom is 0.236 e. The second-order valence-corrected chi connectivity index (χ2v) is 3.91. The van der Waals surface area contributed by atoms with Crippen molar-refractivity contribution in [3.8, 4) is 0 Å². The van der Waals surface area contributed by atoms with Crippen molar-refractivity contribution in [1.29, 1.82) is 0 Å². The summed E-state index contributed by atoms with van der Waals surface area (Å²) < 4.78 is 1.83. The van der Waals surface area contributed by atoms with Crippen LogP contribution in [0, 0.1) is 6.92 Å². The summed E-state index contributed by atoms with van der Waals surface area (Å²) in [5.41, 5.74) is 2.08. The normalized spacial score (nSPS) is 10.5. The number of likely N-dealkylation sites (N-methyl/N-ethyl adjacent to an activating group) is 1. The molecule has 1 aromatic rings. The minimum absolute atomic E-state index is 0.112. The molecule has 0 unspecified atom stereocenters. The lowest BCUT2D eigenvalue weighted by atomic mass is 10.3.